The van der Waals surface area contributed by atoms with E-state index in [1.165, 1.54) is 6.07 Å². The summed E-state index contributed by atoms with van der Waals surface area (Å²) in [6.07, 6.45) is 2.07. The number of nitriles is 1. The summed E-state index contributed by atoms with van der Waals surface area (Å²) < 4.78 is 41.6. The van der Waals surface area contributed by atoms with Gasteiger partial charge in [-0.3, -0.25) is 4.79 Å². The van der Waals surface area contributed by atoms with Gasteiger partial charge in [0, 0.05) is 24.2 Å². The molecule has 3 rings (SSSR count). The van der Waals surface area contributed by atoms with E-state index in [1.54, 1.807) is 32.0 Å². The molecule has 0 aliphatic rings. The van der Waals surface area contributed by atoms with Gasteiger partial charge >= 0.3 is 29.6 Å². The zero-order valence-electron chi connectivity index (χ0n) is 19.5. The molecular formula is C24H26FN6NaO3S. The third-order valence-corrected chi connectivity index (χ3v) is 6.67. The zero-order valence-corrected chi connectivity index (χ0v) is 20.3. The Morgan fingerprint density at radius 1 is 1.08 bits per heavy atom. The first kappa shape index (κ1) is 29.2. The number of amides is 1. The van der Waals surface area contributed by atoms with Crippen molar-refractivity contribution in [2.75, 3.05) is 10.6 Å². The Kier molecular flexibility index (Phi) is 10.4. The predicted octanol–water partition coefficient (Wildman–Crippen LogP) is 3.74. The molecule has 0 spiro atoms. The van der Waals surface area contributed by atoms with E-state index in [0.29, 0.717) is 29.8 Å². The van der Waals surface area contributed by atoms with Crippen LogP contribution in [0.1, 0.15) is 36.5 Å². The molecule has 0 aliphatic heterocycles. The first-order valence-corrected chi connectivity index (χ1v) is 12.3. The van der Waals surface area contributed by atoms with Gasteiger partial charge in [-0.1, -0.05) is 19.1 Å². The number of nitrogens with zero attached hydrogens (tertiary/aromatic N) is 3. The van der Waals surface area contributed by atoms with Crippen LogP contribution in [0.3, 0.4) is 0 Å². The van der Waals surface area contributed by atoms with Crippen LogP contribution in [0.4, 0.5) is 27.5 Å². The van der Waals surface area contributed by atoms with Gasteiger partial charge in [-0.2, -0.15) is 10.2 Å². The average Bonchev–Trinajstić information content (AvgIpc) is 2.81. The number of aromatic nitrogens is 2. The Morgan fingerprint density at radius 2 is 1.78 bits per heavy atom. The maximum atomic E-state index is 14.4. The SMILES string of the molecule is CCC(=O)NS(=O)(=O)c1cc(Nc2ncc(F)c(Nc3ccc(CCC#N)c(C)c3)n2)ccc1C.[NaH]. The third kappa shape index (κ3) is 7.48. The molecule has 1 amide bonds. The van der Waals surface area contributed by atoms with E-state index in [9.17, 15) is 17.6 Å². The molecule has 36 heavy (non-hydrogen) atoms. The number of anilines is 4. The van der Waals surface area contributed by atoms with Crippen LogP contribution < -0.4 is 15.4 Å². The normalized spacial score (nSPS) is 10.6. The minimum absolute atomic E-state index is 0. The Morgan fingerprint density at radius 3 is 2.44 bits per heavy atom. The molecule has 0 radical (unpaired) electrons. The summed E-state index contributed by atoms with van der Waals surface area (Å²) in [6, 6.07) is 12.2. The van der Waals surface area contributed by atoms with E-state index in [4.69, 9.17) is 5.26 Å². The summed E-state index contributed by atoms with van der Waals surface area (Å²) in [5, 5.41) is 14.6. The second-order valence-electron chi connectivity index (χ2n) is 7.80. The number of halogens is 1. The number of carbonyl (C=O) groups is 1. The molecule has 0 bridgehead atoms. The van der Waals surface area contributed by atoms with Crippen LogP contribution in [0.5, 0.6) is 0 Å². The summed E-state index contributed by atoms with van der Waals surface area (Å²) in [5.41, 5.74) is 3.39. The van der Waals surface area contributed by atoms with Gasteiger partial charge in [0.25, 0.3) is 10.0 Å². The Bertz CT molecular complexity index is 1410. The van der Waals surface area contributed by atoms with E-state index in [0.717, 1.165) is 17.3 Å². The van der Waals surface area contributed by atoms with Crippen molar-refractivity contribution in [2.45, 2.75) is 44.9 Å². The number of benzene rings is 2. The number of rotatable bonds is 9. The Balaban J connectivity index is 0.00000456. The molecule has 0 fully saturated rings. The summed E-state index contributed by atoms with van der Waals surface area (Å²) in [6.45, 7) is 5.07. The first-order chi connectivity index (χ1) is 16.6. The van der Waals surface area contributed by atoms with Crippen molar-refractivity contribution in [3.63, 3.8) is 0 Å². The van der Waals surface area contributed by atoms with Crippen molar-refractivity contribution >= 4 is 68.6 Å². The molecule has 2 aromatic carbocycles. The molecule has 0 saturated heterocycles. The van der Waals surface area contributed by atoms with Gasteiger partial charge < -0.3 is 10.6 Å². The quantitative estimate of drug-likeness (QED) is 0.363. The van der Waals surface area contributed by atoms with Gasteiger partial charge in [0.05, 0.1) is 17.2 Å². The minimum atomic E-state index is -4.06. The van der Waals surface area contributed by atoms with Gasteiger partial charge in [0.1, 0.15) is 0 Å². The second-order valence-corrected chi connectivity index (χ2v) is 9.45. The summed E-state index contributed by atoms with van der Waals surface area (Å²) in [5.74, 6) is -1.31. The van der Waals surface area contributed by atoms with Crippen molar-refractivity contribution in [3.8, 4) is 6.07 Å². The zero-order chi connectivity index (χ0) is 25.6. The van der Waals surface area contributed by atoms with Crippen LogP contribution in [0.2, 0.25) is 0 Å². The van der Waals surface area contributed by atoms with Crippen molar-refractivity contribution in [2.24, 2.45) is 0 Å². The van der Waals surface area contributed by atoms with Crippen LogP contribution in [0.25, 0.3) is 0 Å². The first-order valence-electron chi connectivity index (χ1n) is 10.8. The number of carbonyl (C=O) groups excluding carboxylic acids is 1. The summed E-state index contributed by atoms with van der Waals surface area (Å²) in [4.78, 5) is 19.6. The summed E-state index contributed by atoms with van der Waals surface area (Å²) in [7, 11) is -4.06. The van der Waals surface area contributed by atoms with Crippen molar-refractivity contribution in [1.29, 1.82) is 5.26 Å². The fraction of sp³-hybridized carbons (Fsp3) is 0.250. The monoisotopic (exact) mass is 520 g/mol. The fourth-order valence-corrected chi connectivity index (χ4v) is 4.60. The molecule has 12 heteroatoms. The van der Waals surface area contributed by atoms with Crippen LogP contribution >= 0.6 is 0 Å². The number of hydrogen-bond acceptors (Lipinski definition) is 8. The molecule has 0 atom stereocenters. The van der Waals surface area contributed by atoms with Crippen LogP contribution in [-0.4, -0.2) is 53.9 Å². The molecule has 0 aliphatic carbocycles. The number of nitrogens with one attached hydrogen (secondary N) is 3. The molecule has 0 unspecified atom stereocenters. The van der Waals surface area contributed by atoms with Gasteiger partial charge in [0.15, 0.2) is 11.6 Å². The Hall–Kier alpha value is -3.04. The molecule has 1 heterocycles. The number of aryl methyl sites for hydroxylation is 3. The molecule has 0 saturated carbocycles. The van der Waals surface area contributed by atoms with Crippen LogP contribution in [0, 0.1) is 31.0 Å². The molecule has 184 valence electrons. The van der Waals surface area contributed by atoms with Gasteiger partial charge in [-0.05, 0) is 61.2 Å². The molecule has 1 aromatic heterocycles. The maximum absolute atomic E-state index is 14.4. The van der Waals surface area contributed by atoms with Crippen molar-refractivity contribution in [1.82, 2.24) is 14.7 Å². The molecule has 3 aromatic rings. The van der Waals surface area contributed by atoms with E-state index < -0.39 is 21.7 Å². The second kappa shape index (κ2) is 12.8. The predicted molar refractivity (Wildman–Crippen MR) is 138 cm³/mol. The van der Waals surface area contributed by atoms with E-state index in [1.807, 2.05) is 23.8 Å². The van der Waals surface area contributed by atoms with Gasteiger partial charge in [-0.25, -0.2) is 22.5 Å². The number of hydrogen-bond donors (Lipinski definition) is 3. The van der Waals surface area contributed by atoms with Gasteiger partial charge in [-0.15, -0.1) is 0 Å². The average molecular weight is 521 g/mol. The third-order valence-electron chi connectivity index (χ3n) is 5.16. The van der Waals surface area contributed by atoms with Crippen molar-refractivity contribution < 1.29 is 17.6 Å². The standard InChI is InChI=1S/C24H25FN6O3S.Na.H/c1-4-22(32)31-35(33,34)21-13-19(9-7-15(21)2)29-24-27-14-20(25)23(30-24)28-18-10-8-17(6-5-11-26)16(3)12-18;;/h7-10,12-14H,4-6H2,1-3H3,(H,31,32)(H2,27,28,29,30);;. The topological polar surface area (TPSA) is 137 Å². The van der Waals surface area contributed by atoms with Crippen LogP contribution in [0.15, 0.2) is 47.5 Å². The molecule has 3 N–H and O–H groups in total. The molecular weight excluding hydrogens is 494 g/mol. The van der Waals surface area contributed by atoms with Gasteiger partial charge in [0.2, 0.25) is 11.9 Å². The number of sulfonamides is 1. The molecule has 9 nitrogen and oxygen atoms in total. The van der Waals surface area contributed by atoms with Crippen molar-refractivity contribution in [3.05, 3.63) is 65.1 Å². The summed E-state index contributed by atoms with van der Waals surface area (Å²) >= 11 is 0. The Labute approximate surface area is 231 Å². The van der Waals surface area contributed by atoms with E-state index in [2.05, 4.69) is 26.7 Å². The van der Waals surface area contributed by atoms with E-state index >= 15 is 0 Å². The van der Waals surface area contributed by atoms with E-state index in [-0.39, 0.29) is 52.6 Å². The van der Waals surface area contributed by atoms with Crippen LogP contribution in [-0.2, 0) is 21.2 Å². The fourth-order valence-electron chi connectivity index (χ4n) is 3.27.